The minimum atomic E-state index is -0.677. The number of hydrogen-bond acceptors (Lipinski definition) is 5. The number of benzene rings is 1. The Morgan fingerprint density at radius 2 is 1.85 bits per heavy atom. The molecule has 0 aliphatic carbocycles. The van der Waals surface area contributed by atoms with Crippen molar-refractivity contribution in [2.45, 2.75) is 32.6 Å². The summed E-state index contributed by atoms with van der Waals surface area (Å²) in [6, 6.07) is 2.73. The zero-order chi connectivity index (χ0) is 14.7. The van der Waals surface area contributed by atoms with Crippen LogP contribution < -0.4 is 4.90 Å². The van der Waals surface area contributed by atoms with E-state index in [-0.39, 0.29) is 0 Å². The normalized spacial score (nSPS) is 13.9. The molecule has 0 saturated carbocycles. The van der Waals surface area contributed by atoms with Crippen molar-refractivity contribution in [3.8, 4) is 0 Å². The molecular formula is C13H17N3O4. The quantitative estimate of drug-likeness (QED) is 0.610. The summed E-state index contributed by atoms with van der Waals surface area (Å²) in [5.74, 6) is 0. The fraction of sp³-hybridized carbons (Fsp3) is 0.538. The lowest BCUT2D eigenvalue weighted by molar-refractivity contribution is -0.422. The van der Waals surface area contributed by atoms with Crippen LogP contribution in [0.3, 0.4) is 0 Å². The van der Waals surface area contributed by atoms with Gasteiger partial charge >= 0.3 is 11.4 Å². The van der Waals surface area contributed by atoms with Gasteiger partial charge in [-0.05, 0) is 24.8 Å². The predicted octanol–water partition coefficient (Wildman–Crippen LogP) is 3.06. The van der Waals surface area contributed by atoms with Gasteiger partial charge in [0.25, 0.3) is 0 Å². The summed E-state index contributed by atoms with van der Waals surface area (Å²) in [6.45, 7) is 3.77. The van der Waals surface area contributed by atoms with E-state index in [2.05, 4.69) is 11.8 Å². The molecule has 1 aliphatic rings. The molecular weight excluding hydrogens is 262 g/mol. The number of nitro groups is 2. The smallest absolute Gasteiger partial charge is 0.348 e. The maximum absolute atomic E-state index is 11.0. The first-order valence-corrected chi connectivity index (χ1v) is 6.75. The first-order chi connectivity index (χ1) is 9.54. The third-order valence-electron chi connectivity index (χ3n) is 3.57. The van der Waals surface area contributed by atoms with Crippen LogP contribution in [0.25, 0.3) is 0 Å². The molecule has 7 heteroatoms. The predicted molar refractivity (Wildman–Crippen MR) is 75.2 cm³/mol. The van der Waals surface area contributed by atoms with Gasteiger partial charge in [0.2, 0.25) is 0 Å². The van der Waals surface area contributed by atoms with Crippen LogP contribution in [0.1, 0.15) is 31.7 Å². The molecule has 1 aromatic carbocycles. The lowest BCUT2D eigenvalue weighted by atomic mass is 9.99. The van der Waals surface area contributed by atoms with Crippen LogP contribution in [0, 0.1) is 20.2 Å². The molecule has 1 aromatic rings. The Morgan fingerprint density at radius 1 is 1.20 bits per heavy atom. The van der Waals surface area contributed by atoms with Crippen LogP contribution in [0.15, 0.2) is 12.1 Å². The summed E-state index contributed by atoms with van der Waals surface area (Å²) in [7, 11) is 0. The van der Waals surface area contributed by atoms with Gasteiger partial charge < -0.3 is 4.90 Å². The zero-order valence-electron chi connectivity index (χ0n) is 11.4. The summed E-state index contributed by atoms with van der Waals surface area (Å²) in [5.41, 5.74) is 0.787. The summed E-state index contributed by atoms with van der Waals surface area (Å²) in [6.07, 6.45) is 3.70. The molecule has 0 amide bonds. The first-order valence-electron chi connectivity index (χ1n) is 6.75. The minimum Gasteiger partial charge on any atom is -0.371 e. The average molecular weight is 279 g/mol. The highest BCUT2D eigenvalue weighted by Crippen LogP contribution is 2.37. The Kier molecular flexibility index (Phi) is 4.16. The van der Waals surface area contributed by atoms with Crippen LogP contribution in [0.4, 0.5) is 17.1 Å². The summed E-state index contributed by atoms with van der Waals surface area (Å²) < 4.78 is 0. The van der Waals surface area contributed by atoms with Crippen molar-refractivity contribution in [3.05, 3.63) is 37.9 Å². The van der Waals surface area contributed by atoms with Crippen molar-refractivity contribution in [2.75, 3.05) is 18.0 Å². The van der Waals surface area contributed by atoms with E-state index >= 15 is 0 Å². The second kappa shape index (κ2) is 5.85. The molecule has 1 heterocycles. The third kappa shape index (κ3) is 2.71. The van der Waals surface area contributed by atoms with E-state index in [1.54, 1.807) is 0 Å². The van der Waals surface area contributed by atoms with Gasteiger partial charge in [-0.1, -0.05) is 13.3 Å². The lowest BCUT2D eigenvalue weighted by Crippen LogP contribution is -2.30. The fourth-order valence-electron chi connectivity index (χ4n) is 2.56. The van der Waals surface area contributed by atoms with Gasteiger partial charge in [-0.2, -0.15) is 0 Å². The van der Waals surface area contributed by atoms with Crippen LogP contribution in [0.2, 0.25) is 0 Å². The molecule has 0 saturated heterocycles. The van der Waals surface area contributed by atoms with Gasteiger partial charge in [-0.3, -0.25) is 20.2 Å². The molecule has 0 atom stereocenters. The highest BCUT2D eigenvalue weighted by atomic mass is 16.6. The number of nitrogens with zero attached hydrogens (tertiary/aromatic N) is 3. The summed E-state index contributed by atoms with van der Waals surface area (Å²) >= 11 is 0. The number of nitro benzene ring substituents is 2. The second-order valence-electron chi connectivity index (χ2n) is 4.93. The Hall–Kier alpha value is -2.18. The topological polar surface area (TPSA) is 89.5 Å². The number of anilines is 1. The number of aryl methyl sites for hydroxylation is 1. The van der Waals surface area contributed by atoms with Gasteiger partial charge in [0.15, 0.2) is 0 Å². The third-order valence-corrected chi connectivity index (χ3v) is 3.57. The highest BCUT2D eigenvalue weighted by molar-refractivity contribution is 5.68. The molecule has 108 valence electrons. The molecule has 0 spiro atoms. The van der Waals surface area contributed by atoms with E-state index in [0.29, 0.717) is 0 Å². The monoisotopic (exact) mass is 279 g/mol. The van der Waals surface area contributed by atoms with E-state index in [4.69, 9.17) is 0 Å². The molecule has 0 bridgehead atoms. The van der Waals surface area contributed by atoms with Crippen LogP contribution in [-0.2, 0) is 6.42 Å². The van der Waals surface area contributed by atoms with Gasteiger partial charge in [0.1, 0.15) is 0 Å². The minimum absolute atomic E-state index is 0.411. The molecule has 0 radical (unpaired) electrons. The second-order valence-corrected chi connectivity index (χ2v) is 4.93. The molecule has 0 N–H and O–H groups in total. The van der Waals surface area contributed by atoms with Crippen molar-refractivity contribution in [2.24, 2.45) is 0 Å². The van der Waals surface area contributed by atoms with Gasteiger partial charge in [0, 0.05) is 30.9 Å². The number of fused-ring (bicyclic) bond motifs is 1. The van der Waals surface area contributed by atoms with E-state index in [9.17, 15) is 20.2 Å². The molecule has 2 rings (SSSR count). The average Bonchev–Trinajstić information content (AvgIpc) is 2.43. The molecule has 7 nitrogen and oxygen atoms in total. The van der Waals surface area contributed by atoms with E-state index in [0.717, 1.165) is 50.0 Å². The zero-order valence-corrected chi connectivity index (χ0v) is 11.4. The van der Waals surface area contributed by atoms with Gasteiger partial charge in [-0.15, -0.1) is 0 Å². The number of rotatable bonds is 5. The van der Waals surface area contributed by atoms with Crippen LogP contribution in [0.5, 0.6) is 0 Å². The van der Waals surface area contributed by atoms with Crippen molar-refractivity contribution in [3.63, 3.8) is 0 Å². The lowest BCUT2D eigenvalue weighted by Gasteiger charge is -2.30. The number of unbranched alkanes of at least 4 members (excludes halogenated alkanes) is 1. The van der Waals surface area contributed by atoms with Crippen molar-refractivity contribution < 1.29 is 9.85 Å². The standard InChI is InChI=1S/C13H17N3O4/c1-2-3-6-14-7-4-5-10-8-12(15(17)18)13(16(19)20)9-11(10)14/h8-9H,2-7H2,1H3. The van der Waals surface area contributed by atoms with Gasteiger partial charge in [0.05, 0.1) is 9.85 Å². The van der Waals surface area contributed by atoms with Crippen molar-refractivity contribution in [1.82, 2.24) is 0 Å². The summed E-state index contributed by atoms with van der Waals surface area (Å²) in [4.78, 5) is 22.7. The molecule has 0 fully saturated rings. The Morgan fingerprint density at radius 3 is 2.45 bits per heavy atom. The van der Waals surface area contributed by atoms with E-state index < -0.39 is 21.2 Å². The summed E-state index contributed by atoms with van der Waals surface area (Å²) in [5, 5.41) is 22.0. The molecule has 20 heavy (non-hydrogen) atoms. The number of hydrogen-bond donors (Lipinski definition) is 0. The SMILES string of the molecule is CCCCN1CCCc2cc([N+](=O)[O-])c([N+](=O)[O-])cc21. The Balaban J connectivity index is 2.46. The molecule has 0 unspecified atom stereocenters. The van der Waals surface area contributed by atoms with Crippen molar-refractivity contribution in [1.29, 1.82) is 0 Å². The maximum atomic E-state index is 11.0. The molecule has 1 aliphatic heterocycles. The van der Waals surface area contributed by atoms with E-state index in [1.807, 2.05) is 0 Å². The Bertz CT molecular complexity index is 545. The first kappa shape index (κ1) is 14.2. The molecule has 0 aromatic heterocycles. The van der Waals surface area contributed by atoms with E-state index in [1.165, 1.54) is 12.1 Å². The Labute approximate surface area is 116 Å². The fourth-order valence-corrected chi connectivity index (χ4v) is 2.56. The largest absolute Gasteiger partial charge is 0.371 e. The maximum Gasteiger partial charge on any atom is 0.348 e. The van der Waals surface area contributed by atoms with Crippen molar-refractivity contribution >= 4 is 17.1 Å². The van der Waals surface area contributed by atoms with Crippen LogP contribution >= 0.6 is 0 Å². The van der Waals surface area contributed by atoms with Crippen LogP contribution in [-0.4, -0.2) is 22.9 Å². The van der Waals surface area contributed by atoms with Gasteiger partial charge in [-0.25, -0.2) is 0 Å². The highest BCUT2D eigenvalue weighted by Gasteiger charge is 2.29.